The van der Waals surface area contributed by atoms with E-state index in [4.69, 9.17) is 9.47 Å². The molecule has 2 aromatic carbocycles. The lowest BCUT2D eigenvalue weighted by molar-refractivity contribution is -0.122. The molecule has 0 aromatic heterocycles. The van der Waals surface area contributed by atoms with Gasteiger partial charge in [0.05, 0.1) is 24.7 Å². The Balaban J connectivity index is 1.66. The molecule has 1 heterocycles. The molecule has 2 N–H and O–H groups in total. The van der Waals surface area contributed by atoms with Gasteiger partial charge in [-0.2, -0.15) is 4.72 Å². The maximum absolute atomic E-state index is 13.1. The summed E-state index contributed by atoms with van der Waals surface area (Å²) in [5.41, 5.74) is 1.60. The zero-order valence-electron chi connectivity index (χ0n) is 20.0. The van der Waals surface area contributed by atoms with Crippen molar-refractivity contribution >= 4 is 15.9 Å². The van der Waals surface area contributed by atoms with Crippen LogP contribution in [0.15, 0.2) is 53.4 Å². The molecule has 1 aliphatic heterocycles. The standard InChI is InChI=1S/C25H35N3O5S/c1-3-33-24-11-10-22(18-20(24)2)34(30,31)27-23(19-21-8-5-4-6-9-21)25(29)26-12-7-13-28-14-16-32-17-15-28/h4-6,8-11,18,23,27H,3,7,12-17,19H2,1-2H3,(H,26,29). The van der Waals surface area contributed by atoms with E-state index in [0.29, 0.717) is 18.9 Å². The Morgan fingerprint density at radius 2 is 1.88 bits per heavy atom. The molecule has 0 radical (unpaired) electrons. The molecule has 3 rings (SSSR count). The number of carbonyl (C=O) groups is 1. The first-order valence-corrected chi connectivity index (χ1v) is 13.2. The van der Waals surface area contributed by atoms with Crippen LogP contribution in [0.5, 0.6) is 5.75 Å². The smallest absolute Gasteiger partial charge is 0.241 e. The average molecular weight is 490 g/mol. The summed E-state index contributed by atoms with van der Waals surface area (Å²) >= 11 is 0. The number of hydrogen-bond donors (Lipinski definition) is 2. The first-order chi connectivity index (χ1) is 16.4. The Kier molecular flexibility index (Phi) is 9.88. The van der Waals surface area contributed by atoms with Gasteiger partial charge in [-0.25, -0.2) is 8.42 Å². The fourth-order valence-corrected chi connectivity index (χ4v) is 5.14. The van der Waals surface area contributed by atoms with Crippen molar-refractivity contribution in [1.29, 1.82) is 0 Å². The van der Waals surface area contributed by atoms with Crippen LogP contribution in [0, 0.1) is 6.92 Å². The minimum absolute atomic E-state index is 0.103. The second-order valence-electron chi connectivity index (χ2n) is 8.32. The minimum atomic E-state index is -3.92. The molecule has 1 aliphatic rings. The van der Waals surface area contributed by atoms with Gasteiger partial charge in [0.25, 0.3) is 0 Å². The highest BCUT2D eigenvalue weighted by atomic mass is 32.2. The normalized spacial score (nSPS) is 15.6. The fraction of sp³-hybridized carbons (Fsp3) is 0.480. The maximum Gasteiger partial charge on any atom is 0.241 e. The Hall–Kier alpha value is -2.46. The van der Waals surface area contributed by atoms with E-state index in [1.807, 2.05) is 37.3 Å². The molecule has 0 bridgehead atoms. The number of benzene rings is 2. The fourth-order valence-electron chi connectivity index (χ4n) is 3.86. The lowest BCUT2D eigenvalue weighted by Gasteiger charge is -2.26. The van der Waals surface area contributed by atoms with Crippen LogP contribution >= 0.6 is 0 Å². The van der Waals surface area contributed by atoms with Gasteiger partial charge in [0.15, 0.2) is 0 Å². The van der Waals surface area contributed by atoms with Crippen molar-refractivity contribution in [2.24, 2.45) is 0 Å². The third-order valence-corrected chi connectivity index (χ3v) is 7.18. The lowest BCUT2D eigenvalue weighted by atomic mass is 10.1. The summed E-state index contributed by atoms with van der Waals surface area (Å²) in [4.78, 5) is 15.4. The Morgan fingerprint density at radius 3 is 2.56 bits per heavy atom. The Morgan fingerprint density at radius 1 is 1.15 bits per heavy atom. The van der Waals surface area contributed by atoms with Crippen LogP contribution in [0.25, 0.3) is 0 Å². The molecule has 9 heteroatoms. The van der Waals surface area contributed by atoms with E-state index in [1.54, 1.807) is 19.1 Å². The number of nitrogens with zero attached hydrogens (tertiary/aromatic N) is 1. The van der Waals surface area contributed by atoms with Crippen LogP contribution in [0.2, 0.25) is 0 Å². The summed E-state index contributed by atoms with van der Waals surface area (Å²) in [7, 11) is -3.92. The van der Waals surface area contributed by atoms with E-state index >= 15 is 0 Å². The number of aryl methyl sites for hydroxylation is 1. The number of hydrogen-bond acceptors (Lipinski definition) is 6. The van der Waals surface area contributed by atoms with Crippen LogP contribution in [0.4, 0.5) is 0 Å². The molecule has 1 saturated heterocycles. The highest BCUT2D eigenvalue weighted by Gasteiger charge is 2.26. The molecule has 0 saturated carbocycles. The van der Waals surface area contributed by atoms with E-state index in [0.717, 1.165) is 50.4 Å². The van der Waals surface area contributed by atoms with Gasteiger partial charge < -0.3 is 14.8 Å². The molecule has 2 aromatic rings. The summed E-state index contributed by atoms with van der Waals surface area (Å²) in [5, 5.41) is 2.91. The second-order valence-corrected chi connectivity index (χ2v) is 10.0. The molecule has 1 fully saturated rings. The van der Waals surface area contributed by atoms with Crippen molar-refractivity contribution in [3.8, 4) is 5.75 Å². The number of sulfonamides is 1. The van der Waals surface area contributed by atoms with Gasteiger partial charge in [0, 0.05) is 19.6 Å². The first-order valence-electron chi connectivity index (χ1n) is 11.8. The zero-order valence-corrected chi connectivity index (χ0v) is 20.8. The number of morpholine rings is 1. The second kappa shape index (κ2) is 12.9. The summed E-state index contributed by atoms with van der Waals surface area (Å²) in [6, 6.07) is 13.2. The molecular formula is C25H35N3O5S. The quantitative estimate of drug-likeness (QED) is 0.444. The maximum atomic E-state index is 13.1. The number of nitrogens with one attached hydrogen (secondary N) is 2. The van der Waals surface area contributed by atoms with E-state index in [-0.39, 0.29) is 17.2 Å². The van der Waals surface area contributed by atoms with Crippen molar-refractivity contribution < 1.29 is 22.7 Å². The molecule has 186 valence electrons. The van der Waals surface area contributed by atoms with Crippen LogP contribution in [0.3, 0.4) is 0 Å². The van der Waals surface area contributed by atoms with Crippen LogP contribution in [0.1, 0.15) is 24.5 Å². The van der Waals surface area contributed by atoms with E-state index < -0.39 is 16.1 Å². The van der Waals surface area contributed by atoms with Gasteiger partial charge in [-0.3, -0.25) is 9.69 Å². The minimum Gasteiger partial charge on any atom is -0.494 e. The predicted molar refractivity (Wildman–Crippen MR) is 131 cm³/mol. The summed E-state index contributed by atoms with van der Waals surface area (Å²) < 4.78 is 39.8. The van der Waals surface area contributed by atoms with Gasteiger partial charge in [-0.1, -0.05) is 30.3 Å². The molecule has 1 unspecified atom stereocenters. The van der Waals surface area contributed by atoms with Crippen LogP contribution in [-0.2, 0) is 26.0 Å². The van der Waals surface area contributed by atoms with Gasteiger partial charge >= 0.3 is 0 Å². The highest BCUT2D eigenvalue weighted by Crippen LogP contribution is 2.22. The first kappa shape index (κ1) is 26.2. The largest absolute Gasteiger partial charge is 0.494 e. The third kappa shape index (κ3) is 7.80. The highest BCUT2D eigenvalue weighted by molar-refractivity contribution is 7.89. The van der Waals surface area contributed by atoms with Crippen molar-refractivity contribution in [2.45, 2.75) is 37.6 Å². The monoisotopic (exact) mass is 489 g/mol. The molecular weight excluding hydrogens is 454 g/mol. The van der Waals surface area contributed by atoms with E-state index in [1.165, 1.54) is 6.07 Å². The molecule has 8 nitrogen and oxygen atoms in total. The lowest BCUT2D eigenvalue weighted by Crippen LogP contribution is -2.48. The van der Waals surface area contributed by atoms with E-state index in [9.17, 15) is 13.2 Å². The van der Waals surface area contributed by atoms with Gasteiger partial charge in [0.2, 0.25) is 15.9 Å². The summed E-state index contributed by atoms with van der Waals surface area (Å²) in [5.74, 6) is 0.303. The molecule has 0 spiro atoms. The van der Waals surface area contributed by atoms with Gasteiger partial charge in [-0.05, 0) is 62.6 Å². The topological polar surface area (TPSA) is 97.0 Å². The number of rotatable bonds is 12. The van der Waals surface area contributed by atoms with Gasteiger partial charge in [-0.15, -0.1) is 0 Å². The molecule has 1 amide bonds. The predicted octanol–water partition coefficient (Wildman–Crippen LogP) is 2.12. The zero-order chi connectivity index (χ0) is 24.4. The number of carbonyl (C=O) groups excluding carboxylic acids is 1. The Labute approximate surface area is 202 Å². The SMILES string of the molecule is CCOc1ccc(S(=O)(=O)NC(Cc2ccccc2)C(=O)NCCCN2CCOCC2)cc1C. The Bertz CT molecular complexity index is 1020. The molecule has 0 aliphatic carbocycles. The van der Waals surface area contributed by atoms with Crippen LogP contribution in [-0.4, -0.2) is 71.3 Å². The number of ether oxygens (including phenoxy) is 2. The van der Waals surface area contributed by atoms with Crippen molar-refractivity contribution in [3.05, 3.63) is 59.7 Å². The van der Waals surface area contributed by atoms with Crippen molar-refractivity contribution in [3.63, 3.8) is 0 Å². The van der Waals surface area contributed by atoms with Crippen LogP contribution < -0.4 is 14.8 Å². The van der Waals surface area contributed by atoms with Gasteiger partial charge in [0.1, 0.15) is 11.8 Å². The van der Waals surface area contributed by atoms with Crippen molar-refractivity contribution in [2.75, 3.05) is 46.0 Å². The average Bonchev–Trinajstić information content (AvgIpc) is 2.84. The third-order valence-electron chi connectivity index (χ3n) is 5.71. The molecule has 1 atom stereocenters. The number of amides is 1. The summed E-state index contributed by atoms with van der Waals surface area (Å²) in [6.45, 7) is 8.77. The van der Waals surface area contributed by atoms with Crippen molar-refractivity contribution in [1.82, 2.24) is 14.9 Å². The molecule has 34 heavy (non-hydrogen) atoms. The summed E-state index contributed by atoms with van der Waals surface area (Å²) in [6.07, 6.45) is 1.04. The van der Waals surface area contributed by atoms with E-state index in [2.05, 4.69) is 14.9 Å².